The van der Waals surface area contributed by atoms with Gasteiger partial charge in [0, 0.05) is 32.4 Å². The van der Waals surface area contributed by atoms with Crippen LogP contribution < -0.4 is 10.6 Å². The first-order valence-electron chi connectivity index (χ1n) is 5.59. The van der Waals surface area contributed by atoms with E-state index in [0.717, 1.165) is 25.3 Å². The zero-order valence-electron chi connectivity index (χ0n) is 10.3. The Morgan fingerprint density at radius 2 is 2.18 bits per heavy atom. The van der Waals surface area contributed by atoms with Crippen molar-refractivity contribution in [3.05, 3.63) is 23.4 Å². The zero-order chi connectivity index (χ0) is 12.5. The van der Waals surface area contributed by atoms with Crippen molar-refractivity contribution in [2.45, 2.75) is 6.92 Å². The van der Waals surface area contributed by atoms with Crippen molar-refractivity contribution in [2.75, 3.05) is 38.7 Å². The molecular weight excluding hydrogens is 216 g/mol. The SMILES string of the molecule is COCCNCCNc1nc(C)ccc1C#N. The average molecular weight is 234 g/mol. The number of methoxy groups -OCH3 is 1. The number of aryl methyl sites for hydroxylation is 1. The second-order valence-electron chi connectivity index (χ2n) is 3.63. The lowest BCUT2D eigenvalue weighted by atomic mass is 10.2. The van der Waals surface area contributed by atoms with Crippen LogP contribution in [-0.4, -0.2) is 38.3 Å². The first-order chi connectivity index (χ1) is 8.27. The summed E-state index contributed by atoms with van der Waals surface area (Å²) in [5.74, 6) is 0.654. The molecule has 5 heteroatoms. The molecule has 0 unspecified atom stereocenters. The summed E-state index contributed by atoms with van der Waals surface area (Å²) in [7, 11) is 1.68. The molecule has 1 aromatic rings. The molecular formula is C12H18N4O. The van der Waals surface area contributed by atoms with Crippen LogP contribution in [0.4, 0.5) is 5.82 Å². The van der Waals surface area contributed by atoms with E-state index in [4.69, 9.17) is 10.00 Å². The summed E-state index contributed by atoms with van der Waals surface area (Å²) in [5, 5.41) is 15.3. The van der Waals surface area contributed by atoms with E-state index in [1.165, 1.54) is 0 Å². The zero-order valence-corrected chi connectivity index (χ0v) is 10.3. The standard InChI is InChI=1S/C12H18N4O/c1-10-3-4-11(9-13)12(16-10)15-6-5-14-7-8-17-2/h3-4,14H,5-8H2,1-2H3,(H,15,16). The maximum Gasteiger partial charge on any atom is 0.144 e. The van der Waals surface area contributed by atoms with Gasteiger partial charge in [-0.05, 0) is 19.1 Å². The van der Waals surface area contributed by atoms with Gasteiger partial charge in [-0.15, -0.1) is 0 Å². The van der Waals surface area contributed by atoms with E-state index in [0.29, 0.717) is 18.0 Å². The van der Waals surface area contributed by atoms with Gasteiger partial charge in [0.05, 0.1) is 12.2 Å². The first-order valence-corrected chi connectivity index (χ1v) is 5.59. The Labute approximate surface area is 102 Å². The van der Waals surface area contributed by atoms with Gasteiger partial charge in [-0.3, -0.25) is 0 Å². The second kappa shape index (κ2) is 7.60. The van der Waals surface area contributed by atoms with E-state index in [-0.39, 0.29) is 0 Å². The molecule has 1 aromatic heterocycles. The molecule has 0 bridgehead atoms. The van der Waals surface area contributed by atoms with Crippen molar-refractivity contribution in [1.82, 2.24) is 10.3 Å². The Morgan fingerprint density at radius 1 is 1.35 bits per heavy atom. The number of hydrogen-bond donors (Lipinski definition) is 2. The second-order valence-corrected chi connectivity index (χ2v) is 3.63. The van der Waals surface area contributed by atoms with Crippen LogP contribution in [0.3, 0.4) is 0 Å². The predicted molar refractivity (Wildman–Crippen MR) is 66.9 cm³/mol. The van der Waals surface area contributed by atoms with Crippen LogP contribution in [0.1, 0.15) is 11.3 Å². The molecule has 0 aliphatic heterocycles. The van der Waals surface area contributed by atoms with Gasteiger partial charge in [0.2, 0.25) is 0 Å². The van der Waals surface area contributed by atoms with Gasteiger partial charge >= 0.3 is 0 Å². The molecule has 0 amide bonds. The molecule has 0 saturated carbocycles. The van der Waals surface area contributed by atoms with Crippen molar-refractivity contribution in [3.63, 3.8) is 0 Å². The Hall–Kier alpha value is -1.64. The van der Waals surface area contributed by atoms with Crippen LogP contribution in [0, 0.1) is 18.3 Å². The number of pyridine rings is 1. The number of nitrogens with zero attached hydrogens (tertiary/aromatic N) is 2. The van der Waals surface area contributed by atoms with Crippen molar-refractivity contribution < 1.29 is 4.74 Å². The molecule has 0 aliphatic carbocycles. The summed E-state index contributed by atoms with van der Waals surface area (Å²) >= 11 is 0. The van der Waals surface area contributed by atoms with Crippen molar-refractivity contribution in [3.8, 4) is 6.07 Å². The third-order valence-electron chi connectivity index (χ3n) is 2.23. The van der Waals surface area contributed by atoms with Gasteiger partial charge < -0.3 is 15.4 Å². The van der Waals surface area contributed by atoms with Crippen molar-refractivity contribution in [1.29, 1.82) is 5.26 Å². The van der Waals surface area contributed by atoms with Crippen LogP contribution in [0.15, 0.2) is 12.1 Å². The first kappa shape index (κ1) is 13.4. The lowest BCUT2D eigenvalue weighted by Gasteiger charge is -2.08. The van der Waals surface area contributed by atoms with Gasteiger partial charge in [0.25, 0.3) is 0 Å². The van der Waals surface area contributed by atoms with Crippen LogP contribution in [0.2, 0.25) is 0 Å². The lowest BCUT2D eigenvalue weighted by Crippen LogP contribution is -2.25. The van der Waals surface area contributed by atoms with E-state index < -0.39 is 0 Å². The molecule has 5 nitrogen and oxygen atoms in total. The Morgan fingerprint density at radius 3 is 2.88 bits per heavy atom. The molecule has 2 N–H and O–H groups in total. The average Bonchev–Trinajstić information content (AvgIpc) is 2.34. The smallest absolute Gasteiger partial charge is 0.144 e. The van der Waals surface area contributed by atoms with Gasteiger partial charge in [0.1, 0.15) is 11.9 Å². The minimum Gasteiger partial charge on any atom is -0.383 e. The number of anilines is 1. The minimum atomic E-state index is 0.576. The number of rotatable bonds is 7. The summed E-state index contributed by atoms with van der Waals surface area (Å²) in [6, 6.07) is 5.73. The number of hydrogen-bond acceptors (Lipinski definition) is 5. The van der Waals surface area contributed by atoms with Crippen molar-refractivity contribution in [2.24, 2.45) is 0 Å². The normalized spacial score (nSPS) is 9.94. The molecule has 1 heterocycles. The fourth-order valence-electron chi connectivity index (χ4n) is 1.35. The number of ether oxygens (including phenoxy) is 1. The number of nitriles is 1. The lowest BCUT2D eigenvalue weighted by molar-refractivity contribution is 0.200. The van der Waals surface area contributed by atoms with E-state index in [1.807, 2.05) is 13.0 Å². The number of aromatic nitrogens is 1. The quantitative estimate of drug-likeness (QED) is 0.686. The fraction of sp³-hybridized carbons (Fsp3) is 0.500. The van der Waals surface area contributed by atoms with Gasteiger partial charge in [-0.25, -0.2) is 4.98 Å². The maximum absolute atomic E-state index is 8.92. The third-order valence-corrected chi connectivity index (χ3v) is 2.23. The third kappa shape index (κ3) is 4.81. The monoisotopic (exact) mass is 234 g/mol. The summed E-state index contributed by atoms with van der Waals surface area (Å²) in [6.45, 7) is 4.97. The molecule has 0 fully saturated rings. The van der Waals surface area contributed by atoms with Crippen molar-refractivity contribution >= 4 is 5.82 Å². The minimum absolute atomic E-state index is 0.576. The highest BCUT2D eigenvalue weighted by Crippen LogP contribution is 2.11. The molecule has 0 saturated heterocycles. The van der Waals surface area contributed by atoms with E-state index in [2.05, 4.69) is 21.7 Å². The maximum atomic E-state index is 8.92. The molecule has 17 heavy (non-hydrogen) atoms. The molecule has 0 aliphatic rings. The van der Waals surface area contributed by atoms with Gasteiger partial charge in [0.15, 0.2) is 0 Å². The summed E-state index contributed by atoms with van der Waals surface area (Å²) in [4.78, 5) is 4.29. The van der Waals surface area contributed by atoms with Crippen LogP contribution in [-0.2, 0) is 4.74 Å². The molecule has 1 rings (SSSR count). The molecule has 0 radical (unpaired) electrons. The van der Waals surface area contributed by atoms with Gasteiger partial charge in [-0.2, -0.15) is 5.26 Å². The predicted octanol–water partition coefficient (Wildman–Crippen LogP) is 0.910. The Kier molecular flexibility index (Phi) is 6.00. The molecule has 0 aromatic carbocycles. The molecule has 0 spiro atoms. The van der Waals surface area contributed by atoms with Gasteiger partial charge in [-0.1, -0.05) is 0 Å². The highest BCUT2D eigenvalue weighted by molar-refractivity contribution is 5.52. The van der Waals surface area contributed by atoms with Crippen LogP contribution in [0.5, 0.6) is 0 Å². The van der Waals surface area contributed by atoms with E-state index in [1.54, 1.807) is 13.2 Å². The highest BCUT2D eigenvalue weighted by atomic mass is 16.5. The Bertz CT molecular complexity index is 387. The fourth-order valence-corrected chi connectivity index (χ4v) is 1.35. The highest BCUT2D eigenvalue weighted by Gasteiger charge is 2.02. The topological polar surface area (TPSA) is 70.0 Å². The van der Waals surface area contributed by atoms with Crippen LogP contribution in [0.25, 0.3) is 0 Å². The van der Waals surface area contributed by atoms with E-state index >= 15 is 0 Å². The number of nitrogens with one attached hydrogen (secondary N) is 2. The Balaban J connectivity index is 2.36. The van der Waals surface area contributed by atoms with E-state index in [9.17, 15) is 0 Å². The summed E-state index contributed by atoms with van der Waals surface area (Å²) in [5.41, 5.74) is 1.48. The van der Waals surface area contributed by atoms with Crippen LogP contribution >= 0.6 is 0 Å². The summed E-state index contributed by atoms with van der Waals surface area (Å²) in [6.07, 6.45) is 0. The molecule has 92 valence electrons. The summed E-state index contributed by atoms with van der Waals surface area (Å²) < 4.78 is 4.92. The largest absolute Gasteiger partial charge is 0.383 e. The molecule has 0 atom stereocenters.